The zero-order chi connectivity index (χ0) is 16.0. The van der Waals surface area contributed by atoms with Crippen LogP contribution in [-0.4, -0.2) is 18.5 Å². The normalized spacial score (nSPS) is 10.7. The second-order valence-corrected chi connectivity index (χ2v) is 4.45. The molecule has 21 heavy (non-hydrogen) atoms. The summed E-state index contributed by atoms with van der Waals surface area (Å²) in [5.41, 5.74) is 0.102. The molecule has 0 saturated carbocycles. The Morgan fingerprint density at radius 3 is 2.24 bits per heavy atom. The van der Waals surface area contributed by atoms with E-state index in [1.165, 1.54) is 6.08 Å². The van der Waals surface area contributed by atoms with Crippen LogP contribution in [0.1, 0.15) is 19.4 Å². The summed E-state index contributed by atoms with van der Waals surface area (Å²) in [5.74, 6) is -1.29. The average molecular weight is 301 g/mol. The van der Waals surface area contributed by atoms with Gasteiger partial charge in [-0.3, -0.25) is 4.79 Å². The fraction of sp³-hybridized carbons (Fsp3) is 0.286. The van der Waals surface area contributed by atoms with Crippen molar-refractivity contribution >= 4 is 17.6 Å². The van der Waals surface area contributed by atoms with Crippen molar-refractivity contribution in [3.05, 3.63) is 41.5 Å². The molecule has 0 aliphatic heterocycles. The van der Waals surface area contributed by atoms with Crippen LogP contribution in [0.2, 0.25) is 0 Å². The fourth-order valence-corrected chi connectivity index (χ4v) is 1.35. The third kappa shape index (κ3) is 6.11. The van der Waals surface area contributed by atoms with Gasteiger partial charge in [-0.25, -0.2) is 4.79 Å². The van der Waals surface area contributed by atoms with Gasteiger partial charge in [0.2, 0.25) is 0 Å². The molecule has 1 aromatic carbocycles. The van der Waals surface area contributed by atoms with E-state index in [1.54, 1.807) is 13.8 Å². The molecule has 0 saturated heterocycles. The Morgan fingerprint density at radius 2 is 1.76 bits per heavy atom. The predicted octanol–water partition coefficient (Wildman–Crippen LogP) is 3.15. The monoisotopic (exact) mass is 301 g/mol. The van der Waals surface area contributed by atoms with Crippen molar-refractivity contribution in [3.8, 4) is 0 Å². The first-order valence-corrected chi connectivity index (χ1v) is 5.97. The zero-order valence-corrected chi connectivity index (χ0v) is 11.5. The molecule has 1 N–H and O–H groups in total. The number of carbonyl (C=O) groups is 2. The summed E-state index contributed by atoms with van der Waals surface area (Å²) in [5, 5.41) is 2.33. The van der Waals surface area contributed by atoms with Gasteiger partial charge in [0.15, 0.2) is 6.61 Å². The molecule has 0 atom stereocenters. The van der Waals surface area contributed by atoms with Crippen molar-refractivity contribution in [3.63, 3.8) is 0 Å². The first kappa shape index (κ1) is 16.7. The number of hydrogen-bond acceptors (Lipinski definition) is 3. The highest BCUT2D eigenvalue weighted by Gasteiger charge is 2.29. The summed E-state index contributed by atoms with van der Waals surface area (Å²) in [6, 6.07) is 3.95. The standard InChI is InChI=1S/C14H14F3NO3/c1-9(2)7-13(20)21-8-12(19)18-11-5-3-10(4-6-11)14(15,16)17/h3-7H,8H2,1-2H3,(H,18,19). The van der Waals surface area contributed by atoms with Gasteiger partial charge in [-0.2, -0.15) is 13.2 Å². The van der Waals surface area contributed by atoms with Gasteiger partial charge >= 0.3 is 12.1 Å². The van der Waals surface area contributed by atoms with E-state index in [2.05, 4.69) is 10.1 Å². The van der Waals surface area contributed by atoms with Gasteiger partial charge in [0.25, 0.3) is 5.91 Å². The first-order valence-electron chi connectivity index (χ1n) is 5.97. The van der Waals surface area contributed by atoms with E-state index in [4.69, 9.17) is 0 Å². The molecule has 0 heterocycles. The Bertz CT molecular complexity index is 544. The summed E-state index contributed by atoms with van der Waals surface area (Å²) in [6.07, 6.45) is -3.20. The molecule has 0 unspecified atom stereocenters. The Balaban J connectivity index is 2.52. The van der Waals surface area contributed by atoms with Crippen LogP contribution in [0.15, 0.2) is 35.9 Å². The minimum atomic E-state index is -4.43. The van der Waals surface area contributed by atoms with E-state index in [9.17, 15) is 22.8 Å². The van der Waals surface area contributed by atoms with Crippen molar-refractivity contribution in [1.82, 2.24) is 0 Å². The number of alkyl halides is 3. The minimum Gasteiger partial charge on any atom is -0.452 e. The summed E-state index contributed by atoms with van der Waals surface area (Å²) in [7, 11) is 0. The number of amides is 1. The molecule has 0 aliphatic rings. The highest BCUT2D eigenvalue weighted by molar-refractivity contribution is 5.93. The van der Waals surface area contributed by atoms with Crippen molar-refractivity contribution in [2.24, 2.45) is 0 Å². The highest BCUT2D eigenvalue weighted by Crippen LogP contribution is 2.29. The number of benzene rings is 1. The van der Waals surface area contributed by atoms with Gasteiger partial charge in [0.05, 0.1) is 5.56 Å². The lowest BCUT2D eigenvalue weighted by molar-refractivity contribution is -0.142. The van der Waals surface area contributed by atoms with Gasteiger partial charge in [-0.15, -0.1) is 0 Å². The number of carbonyl (C=O) groups excluding carboxylic acids is 2. The largest absolute Gasteiger partial charge is 0.452 e. The average Bonchev–Trinajstić information content (AvgIpc) is 2.35. The fourth-order valence-electron chi connectivity index (χ4n) is 1.35. The van der Waals surface area contributed by atoms with E-state index in [0.29, 0.717) is 0 Å². The lowest BCUT2D eigenvalue weighted by Crippen LogP contribution is -2.20. The number of allylic oxidation sites excluding steroid dienone is 1. The van der Waals surface area contributed by atoms with Crippen molar-refractivity contribution in [1.29, 1.82) is 0 Å². The zero-order valence-electron chi connectivity index (χ0n) is 11.5. The van der Waals surface area contributed by atoms with Gasteiger partial charge in [0.1, 0.15) is 0 Å². The molecular formula is C14H14F3NO3. The predicted molar refractivity (Wildman–Crippen MR) is 70.5 cm³/mol. The topological polar surface area (TPSA) is 55.4 Å². The van der Waals surface area contributed by atoms with Crippen molar-refractivity contribution in [2.75, 3.05) is 11.9 Å². The summed E-state index contributed by atoms with van der Waals surface area (Å²) < 4.78 is 41.7. The minimum absolute atomic E-state index is 0.186. The number of ether oxygens (including phenoxy) is 1. The van der Waals surface area contributed by atoms with Gasteiger partial charge in [0, 0.05) is 11.8 Å². The Labute approximate surface area is 119 Å². The maximum absolute atomic E-state index is 12.3. The van der Waals surface area contributed by atoms with E-state index in [0.717, 1.165) is 29.8 Å². The number of anilines is 1. The van der Waals surface area contributed by atoms with E-state index in [-0.39, 0.29) is 5.69 Å². The van der Waals surface area contributed by atoms with Crippen LogP contribution in [0.3, 0.4) is 0 Å². The first-order chi connectivity index (χ1) is 9.68. The van der Waals surface area contributed by atoms with E-state index < -0.39 is 30.2 Å². The van der Waals surface area contributed by atoms with Crippen LogP contribution in [-0.2, 0) is 20.5 Å². The molecule has 0 fully saturated rings. The van der Waals surface area contributed by atoms with E-state index in [1.807, 2.05) is 0 Å². The molecule has 1 amide bonds. The Morgan fingerprint density at radius 1 is 1.19 bits per heavy atom. The molecular weight excluding hydrogens is 287 g/mol. The number of halogens is 3. The van der Waals surface area contributed by atoms with Crippen LogP contribution >= 0.6 is 0 Å². The van der Waals surface area contributed by atoms with Gasteiger partial charge in [-0.05, 0) is 38.1 Å². The van der Waals surface area contributed by atoms with Crippen LogP contribution in [0.25, 0.3) is 0 Å². The summed E-state index contributed by atoms with van der Waals surface area (Å²) >= 11 is 0. The van der Waals surface area contributed by atoms with E-state index >= 15 is 0 Å². The molecule has 0 spiro atoms. The van der Waals surface area contributed by atoms with Crippen LogP contribution in [0, 0.1) is 0 Å². The highest BCUT2D eigenvalue weighted by atomic mass is 19.4. The molecule has 0 aromatic heterocycles. The van der Waals surface area contributed by atoms with Crippen LogP contribution in [0.4, 0.5) is 18.9 Å². The number of esters is 1. The van der Waals surface area contributed by atoms with Gasteiger partial charge in [-0.1, -0.05) is 5.57 Å². The quantitative estimate of drug-likeness (QED) is 0.686. The summed E-state index contributed by atoms with van der Waals surface area (Å²) in [4.78, 5) is 22.6. The Kier molecular flexibility index (Phi) is 5.52. The molecule has 0 radical (unpaired) electrons. The second kappa shape index (κ2) is 6.92. The SMILES string of the molecule is CC(C)=CC(=O)OCC(=O)Nc1ccc(C(F)(F)F)cc1. The number of nitrogens with one attached hydrogen (secondary N) is 1. The molecule has 114 valence electrons. The molecule has 0 aliphatic carbocycles. The third-order valence-electron chi connectivity index (χ3n) is 2.25. The van der Waals surface area contributed by atoms with Crippen LogP contribution < -0.4 is 5.32 Å². The van der Waals surface area contributed by atoms with Crippen molar-refractivity contribution < 1.29 is 27.5 Å². The Hall–Kier alpha value is -2.31. The van der Waals surface area contributed by atoms with Crippen molar-refractivity contribution in [2.45, 2.75) is 20.0 Å². The molecule has 1 aromatic rings. The molecule has 4 nitrogen and oxygen atoms in total. The number of rotatable bonds is 4. The van der Waals surface area contributed by atoms with Gasteiger partial charge < -0.3 is 10.1 Å². The van der Waals surface area contributed by atoms with Crippen LogP contribution in [0.5, 0.6) is 0 Å². The third-order valence-corrected chi connectivity index (χ3v) is 2.25. The molecule has 7 heteroatoms. The lowest BCUT2D eigenvalue weighted by Gasteiger charge is -2.08. The molecule has 1 rings (SSSR count). The maximum Gasteiger partial charge on any atom is 0.416 e. The lowest BCUT2D eigenvalue weighted by atomic mass is 10.2. The smallest absolute Gasteiger partial charge is 0.416 e. The number of hydrogen-bond donors (Lipinski definition) is 1. The molecule has 0 bridgehead atoms. The second-order valence-electron chi connectivity index (χ2n) is 4.45. The maximum atomic E-state index is 12.3. The summed E-state index contributed by atoms with van der Waals surface area (Å²) in [6.45, 7) is 2.89.